The maximum absolute atomic E-state index is 12.1. The summed E-state index contributed by atoms with van der Waals surface area (Å²) >= 11 is 6.47. The number of hydrogen-bond acceptors (Lipinski definition) is 5. The Morgan fingerprint density at radius 3 is 2.67 bits per heavy atom. The number of fused-ring (bicyclic) bond motifs is 1. The van der Waals surface area contributed by atoms with Crippen LogP contribution in [0.3, 0.4) is 0 Å². The summed E-state index contributed by atoms with van der Waals surface area (Å²) in [4.78, 5) is 13.4. The van der Waals surface area contributed by atoms with E-state index in [2.05, 4.69) is 9.72 Å². The van der Waals surface area contributed by atoms with Crippen LogP contribution in [-0.2, 0) is 0 Å². The minimum Gasteiger partial charge on any atom is -0.398 e. The van der Waals surface area contributed by atoms with Crippen molar-refractivity contribution in [3.63, 3.8) is 0 Å². The largest absolute Gasteiger partial charge is 0.573 e. The fourth-order valence-corrected chi connectivity index (χ4v) is 2.31. The quantitative estimate of drug-likeness (QED) is 0.625. The predicted octanol–water partition coefficient (Wildman–Crippen LogP) is 3.76. The molecule has 18 heavy (non-hydrogen) atoms. The predicted molar refractivity (Wildman–Crippen MR) is 58.0 cm³/mol. The topological polar surface area (TPSA) is 65.3 Å². The maximum atomic E-state index is 12.1. The molecule has 0 spiro atoms. The van der Waals surface area contributed by atoms with Crippen molar-refractivity contribution >= 4 is 38.8 Å². The van der Waals surface area contributed by atoms with Gasteiger partial charge in [-0.25, -0.2) is 4.98 Å². The number of nitro benzene ring substituents is 1. The van der Waals surface area contributed by atoms with E-state index in [0.717, 1.165) is 23.5 Å². The fraction of sp³-hybridized carbons (Fsp3) is 0.125. The van der Waals surface area contributed by atoms with E-state index in [0.29, 0.717) is 0 Å². The molecule has 0 N–H and O–H groups in total. The monoisotopic (exact) mass is 298 g/mol. The Morgan fingerprint density at radius 2 is 2.11 bits per heavy atom. The number of aromatic nitrogens is 1. The van der Waals surface area contributed by atoms with Crippen LogP contribution in [0.5, 0.6) is 5.75 Å². The Balaban J connectivity index is 2.61. The van der Waals surface area contributed by atoms with Gasteiger partial charge in [0.15, 0.2) is 4.47 Å². The second-order valence-corrected chi connectivity index (χ2v) is 4.67. The first kappa shape index (κ1) is 12.8. The third-order valence-electron chi connectivity index (χ3n) is 1.87. The van der Waals surface area contributed by atoms with E-state index in [1.54, 1.807) is 0 Å². The van der Waals surface area contributed by atoms with E-state index in [9.17, 15) is 23.3 Å². The Hall–Kier alpha value is -1.61. The molecular formula is C8H2ClF3N2O3S. The van der Waals surface area contributed by atoms with Gasteiger partial charge in [-0.05, 0) is 0 Å². The number of hydrogen-bond donors (Lipinski definition) is 0. The highest BCUT2D eigenvalue weighted by Gasteiger charge is 2.34. The molecule has 2 rings (SSSR count). The van der Waals surface area contributed by atoms with Gasteiger partial charge in [-0.15, -0.1) is 24.5 Å². The number of halogens is 4. The number of alkyl halides is 3. The van der Waals surface area contributed by atoms with Crippen molar-refractivity contribution in [3.8, 4) is 5.75 Å². The van der Waals surface area contributed by atoms with Crippen LogP contribution in [-0.4, -0.2) is 16.3 Å². The van der Waals surface area contributed by atoms with Gasteiger partial charge in [0.05, 0.1) is 15.1 Å². The third kappa shape index (κ3) is 2.62. The van der Waals surface area contributed by atoms with Gasteiger partial charge >= 0.3 is 12.0 Å². The van der Waals surface area contributed by atoms with Crippen molar-refractivity contribution in [1.29, 1.82) is 0 Å². The summed E-state index contributed by atoms with van der Waals surface area (Å²) in [7, 11) is 0. The SMILES string of the molecule is O=[N+]([O-])c1cc2nc(Cl)sc2cc1OC(F)(F)F. The molecule has 96 valence electrons. The Labute approximate surface area is 106 Å². The molecule has 0 atom stereocenters. The fourth-order valence-electron chi connectivity index (χ4n) is 1.27. The van der Waals surface area contributed by atoms with Crippen molar-refractivity contribution in [1.82, 2.24) is 4.98 Å². The van der Waals surface area contributed by atoms with Crippen LogP contribution in [0.1, 0.15) is 0 Å². The van der Waals surface area contributed by atoms with E-state index < -0.39 is 22.7 Å². The molecule has 0 saturated carbocycles. The molecule has 0 saturated heterocycles. The van der Waals surface area contributed by atoms with Crippen LogP contribution in [0.4, 0.5) is 18.9 Å². The molecule has 1 aromatic carbocycles. The van der Waals surface area contributed by atoms with Crippen molar-refractivity contribution in [2.45, 2.75) is 6.36 Å². The van der Waals surface area contributed by atoms with Gasteiger partial charge < -0.3 is 4.74 Å². The molecule has 10 heteroatoms. The van der Waals surface area contributed by atoms with E-state index in [1.807, 2.05) is 0 Å². The Morgan fingerprint density at radius 1 is 1.44 bits per heavy atom. The summed E-state index contributed by atoms with van der Waals surface area (Å²) in [5.41, 5.74) is -0.673. The zero-order valence-corrected chi connectivity index (χ0v) is 9.77. The summed E-state index contributed by atoms with van der Waals surface area (Å²) in [5, 5.41) is 10.7. The van der Waals surface area contributed by atoms with E-state index >= 15 is 0 Å². The van der Waals surface area contributed by atoms with Gasteiger partial charge in [0.25, 0.3) is 0 Å². The minimum absolute atomic E-state index is 0.0726. The maximum Gasteiger partial charge on any atom is 0.573 e. The van der Waals surface area contributed by atoms with Gasteiger partial charge in [-0.3, -0.25) is 10.1 Å². The second kappa shape index (κ2) is 4.25. The molecule has 0 unspecified atom stereocenters. The Kier molecular flexibility index (Phi) is 3.03. The summed E-state index contributed by atoms with van der Waals surface area (Å²) in [6, 6.07) is 1.78. The molecule has 0 fully saturated rings. The number of nitrogens with zero attached hydrogens (tertiary/aromatic N) is 2. The summed E-state index contributed by atoms with van der Waals surface area (Å²) in [6.07, 6.45) is -5.01. The number of nitro groups is 1. The molecule has 2 aromatic rings. The van der Waals surface area contributed by atoms with Crippen molar-refractivity contribution in [2.24, 2.45) is 0 Å². The first-order valence-electron chi connectivity index (χ1n) is 4.26. The summed E-state index contributed by atoms with van der Waals surface area (Å²) in [5.74, 6) is -0.889. The van der Waals surface area contributed by atoms with Crippen LogP contribution in [0, 0.1) is 10.1 Å². The lowest BCUT2D eigenvalue weighted by Crippen LogP contribution is -2.17. The molecule has 1 aromatic heterocycles. The van der Waals surface area contributed by atoms with Crippen molar-refractivity contribution < 1.29 is 22.8 Å². The lowest BCUT2D eigenvalue weighted by atomic mass is 10.3. The first-order chi connectivity index (χ1) is 8.26. The molecule has 1 heterocycles. The molecule has 5 nitrogen and oxygen atoms in total. The van der Waals surface area contributed by atoms with Gasteiger partial charge in [-0.1, -0.05) is 11.6 Å². The van der Waals surface area contributed by atoms with Crippen LogP contribution in [0.15, 0.2) is 12.1 Å². The summed E-state index contributed by atoms with van der Waals surface area (Å²) in [6.45, 7) is 0. The molecule has 0 aliphatic carbocycles. The van der Waals surface area contributed by atoms with Crippen LogP contribution in [0.2, 0.25) is 4.47 Å². The third-order valence-corrected chi connectivity index (χ3v) is 2.99. The van der Waals surface area contributed by atoms with Gasteiger partial charge in [0.1, 0.15) is 0 Å². The van der Waals surface area contributed by atoms with Crippen LogP contribution in [0.25, 0.3) is 10.2 Å². The molecule has 0 aliphatic rings. The first-order valence-corrected chi connectivity index (χ1v) is 5.46. The zero-order valence-electron chi connectivity index (χ0n) is 8.19. The van der Waals surface area contributed by atoms with E-state index in [4.69, 9.17) is 11.6 Å². The lowest BCUT2D eigenvalue weighted by Gasteiger charge is -2.08. The zero-order chi connectivity index (χ0) is 13.5. The van der Waals surface area contributed by atoms with Crippen molar-refractivity contribution in [3.05, 3.63) is 26.7 Å². The standard InChI is InChI=1S/C8H2ClF3N2O3S/c9-7-13-3-1-4(14(15)16)5(2-6(3)18-7)17-8(10,11)12/h1-2H. The molecule has 0 amide bonds. The molecule has 0 aliphatic heterocycles. The van der Waals surface area contributed by atoms with Gasteiger partial charge in [0.2, 0.25) is 5.75 Å². The second-order valence-electron chi connectivity index (χ2n) is 3.06. The molecular weight excluding hydrogens is 297 g/mol. The van der Waals surface area contributed by atoms with E-state index in [-0.39, 0.29) is 14.7 Å². The number of benzene rings is 1. The number of ether oxygens (including phenoxy) is 1. The van der Waals surface area contributed by atoms with Crippen molar-refractivity contribution in [2.75, 3.05) is 0 Å². The average Bonchev–Trinajstić information content (AvgIpc) is 2.53. The summed E-state index contributed by atoms with van der Waals surface area (Å²) < 4.78 is 40.3. The molecule has 0 bridgehead atoms. The normalized spacial score (nSPS) is 11.8. The molecule has 0 radical (unpaired) electrons. The lowest BCUT2D eigenvalue weighted by molar-refractivity contribution is -0.388. The highest BCUT2D eigenvalue weighted by atomic mass is 35.5. The average molecular weight is 299 g/mol. The smallest absolute Gasteiger partial charge is 0.398 e. The Bertz CT molecular complexity index is 628. The van der Waals surface area contributed by atoms with Gasteiger partial charge in [0, 0.05) is 12.1 Å². The van der Waals surface area contributed by atoms with E-state index in [1.165, 1.54) is 0 Å². The number of thiazole rings is 1. The van der Waals surface area contributed by atoms with Crippen LogP contribution >= 0.6 is 22.9 Å². The number of rotatable bonds is 2. The van der Waals surface area contributed by atoms with Gasteiger partial charge in [-0.2, -0.15) is 0 Å². The van der Waals surface area contributed by atoms with Crippen LogP contribution < -0.4 is 4.74 Å². The minimum atomic E-state index is -5.01. The highest BCUT2D eigenvalue weighted by Crippen LogP contribution is 2.38. The highest BCUT2D eigenvalue weighted by molar-refractivity contribution is 7.22.